The van der Waals surface area contributed by atoms with Crippen molar-refractivity contribution >= 4 is 56.0 Å². The Morgan fingerprint density at radius 3 is 2.48 bits per heavy atom. The van der Waals surface area contributed by atoms with E-state index in [2.05, 4.69) is 217 Å². The first kappa shape index (κ1) is 40.0. The van der Waals surface area contributed by atoms with Crippen molar-refractivity contribution in [3.63, 3.8) is 0 Å². The summed E-state index contributed by atoms with van der Waals surface area (Å²) in [6.45, 7) is 2.13. The Morgan fingerprint density at radius 1 is 0.768 bits per heavy atom. The number of nitrogens with zero attached hydrogens (tertiary/aromatic N) is 5. The topological polar surface area (TPSA) is 60.0 Å². The molecule has 6 nitrogen and oxygen atoms in total. The second kappa shape index (κ2) is 15.7. The molecule has 0 spiro atoms. The molecule has 14 rings (SSSR count). The molecule has 0 N–H and O–H groups in total. The van der Waals surface area contributed by atoms with E-state index in [1.165, 1.54) is 62.2 Å². The van der Waals surface area contributed by atoms with Crippen LogP contribution < -0.4 is 4.90 Å². The molecule has 332 valence electrons. The SMILES string of the molecule is C/C(=C\c1c(-c2cc3ccccc3n2C23CC=CC(C4=CC=C5CC(=C4)N(c4ccccc4)c4ccccc45)=CC2C3)oc2ccccc12)c1nc(Cc2ccccc2)nc(C2=CC3CC3C=C2)n1. The maximum absolute atomic E-state index is 7.06. The molecule has 3 aromatic heterocycles. The van der Waals surface area contributed by atoms with Crippen molar-refractivity contribution in [2.75, 3.05) is 4.90 Å². The van der Waals surface area contributed by atoms with Crippen LogP contribution in [-0.2, 0) is 12.0 Å². The van der Waals surface area contributed by atoms with E-state index in [1.54, 1.807) is 0 Å². The third-order valence-corrected chi connectivity index (χ3v) is 15.2. The highest BCUT2D eigenvalue weighted by atomic mass is 16.3. The van der Waals surface area contributed by atoms with Crippen LogP contribution in [-0.4, -0.2) is 19.5 Å². The molecular formula is C63H49N5O. The van der Waals surface area contributed by atoms with Gasteiger partial charge in [0.1, 0.15) is 11.4 Å². The van der Waals surface area contributed by atoms with Gasteiger partial charge in [0.25, 0.3) is 0 Å². The number of hydrogen-bond donors (Lipinski definition) is 0. The Balaban J connectivity index is 0.868. The van der Waals surface area contributed by atoms with Crippen LogP contribution in [0.4, 0.5) is 11.4 Å². The number of aromatic nitrogens is 4. The molecule has 5 aromatic carbocycles. The quantitative estimate of drug-likeness (QED) is 0.144. The molecule has 1 aliphatic heterocycles. The smallest absolute Gasteiger partial charge is 0.163 e. The number of anilines is 2. The predicted octanol–water partition coefficient (Wildman–Crippen LogP) is 15.0. The van der Waals surface area contributed by atoms with Crippen LogP contribution >= 0.6 is 0 Å². The summed E-state index contributed by atoms with van der Waals surface area (Å²) in [5.41, 5.74) is 16.1. The fourth-order valence-corrected chi connectivity index (χ4v) is 11.6. The van der Waals surface area contributed by atoms with E-state index < -0.39 is 0 Å². The molecule has 0 amide bonds. The molecular weight excluding hydrogens is 843 g/mol. The van der Waals surface area contributed by atoms with Crippen LogP contribution in [0.1, 0.15) is 66.8 Å². The van der Waals surface area contributed by atoms with Gasteiger partial charge in [-0.2, -0.15) is 0 Å². The van der Waals surface area contributed by atoms with E-state index in [-0.39, 0.29) is 5.54 Å². The number of fused-ring (bicyclic) bond motifs is 8. The van der Waals surface area contributed by atoms with E-state index in [0.29, 0.717) is 30.0 Å². The minimum absolute atomic E-state index is 0.165. The molecule has 69 heavy (non-hydrogen) atoms. The van der Waals surface area contributed by atoms with E-state index >= 15 is 0 Å². The van der Waals surface area contributed by atoms with E-state index in [0.717, 1.165) is 70.0 Å². The summed E-state index contributed by atoms with van der Waals surface area (Å²) in [5, 5.41) is 2.26. The Bertz CT molecular complexity index is 3680. The molecule has 8 aromatic rings. The van der Waals surface area contributed by atoms with Gasteiger partial charge in [0.05, 0.1) is 16.9 Å². The molecule has 4 atom stereocenters. The van der Waals surface area contributed by atoms with Crippen molar-refractivity contribution in [3.05, 3.63) is 245 Å². The summed E-state index contributed by atoms with van der Waals surface area (Å²) in [7, 11) is 0. The fraction of sp³-hybridized carbons (Fsp3) is 0.159. The van der Waals surface area contributed by atoms with Crippen molar-refractivity contribution in [3.8, 4) is 11.5 Å². The highest BCUT2D eigenvalue weighted by Gasteiger charge is 2.56. The number of hydrogen-bond acceptors (Lipinski definition) is 5. The molecule has 2 bridgehead atoms. The summed E-state index contributed by atoms with van der Waals surface area (Å²) in [6, 6.07) is 49.7. The third kappa shape index (κ3) is 6.88. The number of allylic oxidation sites excluding steroid dienone is 14. The summed E-state index contributed by atoms with van der Waals surface area (Å²) in [6.07, 6.45) is 28.2. The summed E-state index contributed by atoms with van der Waals surface area (Å²) < 4.78 is 9.68. The van der Waals surface area contributed by atoms with Gasteiger partial charge in [0.2, 0.25) is 0 Å². The maximum atomic E-state index is 7.06. The molecule has 0 radical (unpaired) electrons. The number of rotatable bonds is 9. The number of para-hydroxylation sites is 4. The highest BCUT2D eigenvalue weighted by Crippen LogP contribution is 2.59. The Kier molecular flexibility index (Phi) is 9.13. The first-order valence-electron chi connectivity index (χ1n) is 24.5. The van der Waals surface area contributed by atoms with Crippen molar-refractivity contribution in [2.45, 2.75) is 44.6 Å². The Morgan fingerprint density at radius 2 is 1.58 bits per heavy atom. The molecule has 0 saturated heterocycles. The lowest BCUT2D eigenvalue weighted by Gasteiger charge is -2.35. The first-order chi connectivity index (χ1) is 34.0. The van der Waals surface area contributed by atoms with Crippen LogP contribution in [0.2, 0.25) is 0 Å². The standard InChI is InChI=1S/C63H49N5O/c1-40(61-64-59(32-41-15-4-2-5-16-41)65-62(66-61)47-29-27-43-33-48(43)34-47)31-54-53-22-10-13-25-58(53)69-60(54)57-38-46-17-8-11-23-55(46)68(57)63-30-14-18-42(35-49(63)39-63)44-26-28-45-37-51(36-44)67(50-19-6-3-7-20-50)56-24-12-9-21-52(45)56/h2-29,31,34-36,38,43,48-49H,30,32-33,37,39H2,1H3/b40-31+. The average Bonchev–Trinajstić information content (AvgIpc) is 4.27. The monoisotopic (exact) mass is 891 g/mol. The van der Waals surface area contributed by atoms with Gasteiger partial charge in [0, 0.05) is 63.1 Å². The summed E-state index contributed by atoms with van der Waals surface area (Å²) in [5.74, 6) is 4.59. The summed E-state index contributed by atoms with van der Waals surface area (Å²) in [4.78, 5) is 17.9. The van der Waals surface area contributed by atoms with Gasteiger partial charge >= 0.3 is 0 Å². The Hall–Kier alpha value is -8.09. The molecule has 2 fully saturated rings. The van der Waals surface area contributed by atoms with Gasteiger partial charge < -0.3 is 13.9 Å². The lowest BCUT2D eigenvalue weighted by molar-refractivity contribution is 0.477. The van der Waals surface area contributed by atoms with Crippen molar-refractivity contribution in [2.24, 2.45) is 17.8 Å². The van der Waals surface area contributed by atoms with E-state index in [9.17, 15) is 0 Å². The van der Waals surface area contributed by atoms with Crippen molar-refractivity contribution in [1.29, 1.82) is 0 Å². The van der Waals surface area contributed by atoms with E-state index in [4.69, 9.17) is 19.4 Å². The summed E-state index contributed by atoms with van der Waals surface area (Å²) >= 11 is 0. The van der Waals surface area contributed by atoms with Crippen LogP contribution in [0.15, 0.2) is 215 Å². The lowest BCUT2D eigenvalue weighted by Crippen LogP contribution is -2.22. The maximum Gasteiger partial charge on any atom is 0.163 e. The van der Waals surface area contributed by atoms with Gasteiger partial charge in [-0.25, -0.2) is 15.0 Å². The van der Waals surface area contributed by atoms with Crippen molar-refractivity contribution in [1.82, 2.24) is 19.5 Å². The Labute approximate surface area is 402 Å². The van der Waals surface area contributed by atoms with Gasteiger partial charge in [-0.05, 0) is 114 Å². The zero-order valence-corrected chi connectivity index (χ0v) is 38.5. The zero-order chi connectivity index (χ0) is 45.6. The molecule has 5 aliphatic carbocycles. The van der Waals surface area contributed by atoms with Crippen molar-refractivity contribution < 1.29 is 4.42 Å². The average molecular weight is 892 g/mol. The second-order valence-electron chi connectivity index (χ2n) is 19.7. The number of furan rings is 1. The first-order valence-corrected chi connectivity index (χ1v) is 24.5. The van der Waals surface area contributed by atoms with Crippen LogP contribution in [0.3, 0.4) is 0 Å². The van der Waals surface area contributed by atoms with Gasteiger partial charge in [-0.15, -0.1) is 0 Å². The highest BCUT2D eigenvalue weighted by molar-refractivity contribution is 6.00. The molecule has 4 unspecified atom stereocenters. The zero-order valence-electron chi connectivity index (χ0n) is 38.5. The molecule has 2 saturated carbocycles. The molecule has 6 heteroatoms. The van der Waals surface area contributed by atoms with Gasteiger partial charge in [-0.3, -0.25) is 0 Å². The van der Waals surface area contributed by atoms with Crippen LogP contribution in [0.25, 0.3) is 56.1 Å². The minimum Gasteiger partial charge on any atom is -0.454 e. The normalized spacial score (nSPS) is 22.1. The fourth-order valence-electron chi connectivity index (χ4n) is 11.6. The predicted molar refractivity (Wildman–Crippen MR) is 280 cm³/mol. The second-order valence-corrected chi connectivity index (χ2v) is 19.7. The third-order valence-electron chi connectivity index (χ3n) is 15.2. The van der Waals surface area contributed by atoms with Gasteiger partial charge in [0.15, 0.2) is 17.4 Å². The van der Waals surface area contributed by atoms with Gasteiger partial charge in [-0.1, -0.05) is 152 Å². The van der Waals surface area contributed by atoms with Crippen LogP contribution in [0.5, 0.6) is 0 Å². The lowest BCUT2D eigenvalue weighted by atomic mass is 9.93. The largest absolute Gasteiger partial charge is 0.454 e. The van der Waals surface area contributed by atoms with E-state index in [1.807, 2.05) is 0 Å². The molecule has 6 aliphatic rings. The van der Waals surface area contributed by atoms with Crippen LogP contribution in [0, 0.1) is 17.8 Å². The molecule has 4 heterocycles. The number of benzene rings is 5. The minimum atomic E-state index is -0.165.